The number of nitrogens with zero attached hydrogens (tertiary/aromatic N) is 4. The van der Waals surface area contributed by atoms with Gasteiger partial charge in [0.1, 0.15) is 24.1 Å². The summed E-state index contributed by atoms with van der Waals surface area (Å²) in [5, 5.41) is 0.537. The highest BCUT2D eigenvalue weighted by atomic mass is 79.9. The van der Waals surface area contributed by atoms with Crippen LogP contribution >= 0.6 is 15.9 Å². The van der Waals surface area contributed by atoms with Crippen molar-refractivity contribution in [2.24, 2.45) is 0 Å². The average Bonchev–Trinajstić information content (AvgIpc) is 2.97. The molecule has 3 heterocycles. The lowest BCUT2D eigenvalue weighted by atomic mass is 10.1. The summed E-state index contributed by atoms with van der Waals surface area (Å²) in [6.07, 6.45) is 2.07. The number of fused-ring (bicyclic) bond motifs is 1. The Morgan fingerprint density at radius 3 is 2.83 bits per heavy atom. The van der Waals surface area contributed by atoms with E-state index in [0.717, 1.165) is 12.0 Å². The third kappa shape index (κ3) is 3.44. The molecule has 0 radical (unpaired) electrons. The highest BCUT2D eigenvalue weighted by molar-refractivity contribution is 9.10. The van der Waals surface area contributed by atoms with Crippen molar-refractivity contribution in [2.45, 2.75) is 13.5 Å². The molecule has 0 unspecified atom stereocenters. The third-order valence-corrected chi connectivity index (χ3v) is 5.19. The molecule has 0 saturated heterocycles. The van der Waals surface area contributed by atoms with Crippen LogP contribution in [0.15, 0.2) is 47.3 Å². The summed E-state index contributed by atoms with van der Waals surface area (Å²) >= 11 is 3.49. The number of nitrogens with two attached hydrogens (primary N) is 1. The second-order valence-electron chi connectivity index (χ2n) is 6.27. The van der Waals surface area contributed by atoms with Crippen molar-refractivity contribution in [3.05, 3.63) is 58.8 Å². The maximum atomic E-state index is 14.8. The summed E-state index contributed by atoms with van der Waals surface area (Å²) in [4.78, 5) is 23.6. The molecule has 1 aromatic carbocycles. The Kier molecular flexibility index (Phi) is 4.98. The molecular formula is C20H15BrFN5O2. The van der Waals surface area contributed by atoms with Crippen molar-refractivity contribution in [2.75, 3.05) is 5.73 Å². The van der Waals surface area contributed by atoms with E-state index < -0.39 is 5.82 Å². The van der Waals surface area contributed by atoms with Gasteiger partial charge in [0, 0.05) is 17.3 Å². The second-order valence-corrected chi connectivity index (χ2v) is 7.02. The zero-order valence-corrected chi connectivity index (χ0v) is 16.9. The molecule has 0 spiro atoms. The molecule has 0 aliphatic heterocycles. The first-order chi connectivity index (χ1) is 14.0. The molecule has 0 aliphatic carbocycles. The Bertz CT molecular complexity index is 1240. The van der Waals surface area contributed by atoms with Gasteiger partial charge in [0.05, 0.1) is 16.5 Å². The summed E-state index contributed by atoms with van der Waals surface area (Å²) in [5.41, 5.74) is 8.44. The topological polar surface area (TPSA) is 95.9 Å². The fourth-order valence-corrected chi connectivity index (χ4v) is 3.84. The number of aromatic nitrogens is 4. The van der Waals surface area contributed by atoms with E-state index in [0.29, 0.717) is 32.6 Å². The normalized spacial score (nSPS) is 11.0. The maximum absolute atomic E-state index is 14.8. The van der Waals surface area contributed by atoms with Crippen LogP contribution in [0, 0.1) is 12.7 Å². The monoisotopic (exact) mass is 455 g/mol. The van der Waals surface area contributed by atoms with Crippen molar-refractivity contribution in [1.82, 2.24) is 19.5 Å². The summed E-state index contributed by atoms with van der Waals surface area (Å²) in [5.74, 6) is 0.0198. The summed E-state index contributed by atoms with van der Waals surface area (Å²) in [7, 11) is 0. The maximum Gasteiger partial charge on any atom is 0.219 e. The summed E-state index contributed by atoms with van der Waals surface area (Å²) < 4.78 is 22.6. The van der Waals surface area contributed by atoms with Gasteiger partial charge in [0.25, 0.3) is 0 Å². The Balaban J connectivity index is 1.82. The number of halogens is 2. The number of ether oxygens (including phenoxy) is 1. The van der Waals surface area contributed by atoms with Gasteiger partial charge >= 0.3 is 0 Å². The number of benzene rings is 1. The van der Waals surface area contributed by atoms with Crippen LogP contribution in [0.4, 0.5) is 10.2 Å². The van der Waals surface area contributed by atoms with Crippen LogP contribution < -0.4 is 10.5 Å². The van der Waals surface area contributed by atoms with Gasteiger partial charge in [-0.3, -0.25) is 0 Å². The number of pyridine rings is 1. The molecule has 0 amide bonds. The molecule has 9 heteroatoms. The Hall–Kier alpha value is -3.33. The minimum atomic E-state index is -0.565. The van der Waals surface area contributed by atoms with Crippen LogP contribution in [0.3, 0.4) is 0 Å². The molecule has 0 fully saturated rings. The summed E-state index contributed by atoms with van der Waals surface area (Å²) in [6.45, 7) is 1.89. The minimum Gasteiger partial charge on any atom is -0.436 e. The number of anilines is 1. The highest BCUT2D eigenvalue weighted by Gasteiger charge is 2.21. The van der Waals surface area contributed by atoms with Gasteiger partial charge < -0.3 is 19.8 Å². The molecule has 7 nitrogen and oxygen atoms in total. The first kappa shape index (κ1) is 19.0. The molecule has 2 N–H and O–H groups in total. The Labute approximate surface area is 173 Å². The van der Waals surface area contributed by atoms with Gasteiger partial charge in [-0.15, -0.1) is 0 Å². The van der Waals surface area contributed by atoms with Gasteiger partial charge in [-0.1, -0.05) is 12.1 Å². The number of carbonyl (C=O) groups excluding carboxylic acids is 1. The third-order valence-electron chi connectivity index (χ3n) is 4.36. The first-order valence-electron chi connectivity index (χ1n) is 8.63. The number of carbonyl (C=O) groups is 1. The lowest BCUT2D eigenvalue weighted by molar-refractivity contribution is -0.108. The van der Waals surface area contributed by atoms with Gasteiger partial charge in [-0.2, -0.15) is 0 Å². The number of hydrogen-bond donors (Lipinski definition) is 1. The molecule has 146 valence electrons. The van der Waals surface area contributed by atoms with Gasteiger partial charge in [-0.25, -0.2) is 19.3 Å². The van der Waals surface area contributed by atoms with Gasteiger partial charge in [0.15, 0.2) is 11.6 Å². The Morgan fingerprint density at radius 1 is 1.28 bits per heavy atom. The minimum absolute atomic E-state index is 0.0452. The number of rotatable bonds is 5. The average molecular weight is 456 g/mol. The van der Waals surface area contributed by atoms with Gasteiger partial charge in [0.2, 0.25) is 5.88 Å². The number of aryl methyl sites for hydroxylation is 1. The standard InChI is InChI=1S/C20H15BrFN5O2/c1-11-3-2-4-15(26-11)29-14-6-5-12(9-13(14)22)16-17-19(23)24-10-25-20(17)27(7-8-28)18(16)21/h2-6,8-10H,7H2,1H3,(H2,23,24,25). The van der Waals surface area contributed by atoms with E-state index in [2.05, 4.69) is 30.9 Å². The molecule has 0 saturated carbocycles. The fourth-order valence-electron chi connectivity index (χ4n) is 3.10. The lowest BCUT2D eigenvalue weighted by Crippen LogP contribution is -2.01. The molecule has 4 aromatic rings. The SMILES string of the molecule is Cc1cccc(Oc2ccc(-c3c(Br)n(CC=O)c4ncnc(N)c34)cc2F)n1. The number of nitrogen functional groups attached to an aromatic ring is 1. The molecule has 0 aliphatic rings. The second kappa shape index (κ2) is 7.59. The molecule has 4 rings (SSSR count). The predicted octanol–water partition coefficient (Wildman–Crippen LogP) is 4.28. The van der Waals surface area contributed by atoms with Crippen molar-refractivity contribution in [1.29, 1.82) is 0 Å². The van der Waals surface area contributed by atoms with Gasteiger partial charge in [-0.05, 0) is 46.6 Å². The number of aldehydes is 1. The largest absolute Gasteiger partial charge is 0.436 e. The van der Waals surface area contributed by atoms with Crippen LogP contribution in [0.5, 0.6) is 11.6 Å². The van der Waals surface area contributed by atoms with Crippen LogP contribution in [0.25, 0.3) is 22.2 Å². The Morgan fingerprint density at radius 2 is 2.10 bits per heavy atom. The van der Waals surface area contributed by atoms with E-state index in [-0.39, 0.29) is 18.1 Å². The smallest absolute Gasteiger partial charge is 0.219 e. The molecule has 0 atom stereocenters. The molecular weight excluding hydrogens is 441 g/mol. The zero-order valence-electron chi connectivity index (χ0n) is 15.3. The highest BCUT2D eigenvalue weighted by Crippen LogP contribution is 2.40. The van der Waals surface area contributed by atoms with E-state index >= 15 is 0 Å². The lowest BCUT2D eigenvalue weighted by Gasteiger charge is -2.09. The van der Waals surface area contributed by atoms with Crippen LogP contribution in [-0.4, -0.2) is 25.8 Å². The molecule has 29 heavy (non-hydrogen) atoms. The summed E-state index contributed by atoms with van der Waals surface area (Å²) in [6, 6.07) is 9.82. The predicted molar refractivity (Wildman–Crippen MR) is 110 cm³/mol. The van der Waals surface area contributed by atoms with E-state index in [1.807, 2.05) is 13.0 Å². The van der Waals surface area contributed by atoms with Crippen LogP contribution in [0.1, 0.15) is 5.69 Å². The van der Waals surface area contributed by atoms with Crippen molar-refractivity contribution >= 4 is 39.1 Å². The van der Waals surface area contributed by atoms with Crippen LogP contribution in [-0.2, 0) is 11.3 Å². The van der Waals surface area contributed by atoms with E-state index in [1.165, 1.54) is 18.5 Å². The quantitative estimate of drug-likeness (QED) is 0.451. The molecule has 3 aromatic heterocycles. The van der Waals surface area contributed by atoms with Crippen molar-refractivity contribution in [3.8, 4) is 22.8 Å². The van der Waals surface area contributed by atoms with E-state index in [4.69, 9.17) is 10.5 Å². The van der Waals surface area contributed by atoms with E-state index in [9.17, 15) is 9.18 Å². The zero-order chi connectivity index (χ0) is 20.5. The first-order valence-corrected chi connectivity index (χ1v) is 9.42. The van der Waals surface area contributed by atoms with Crippen molar-refractivity contribution in [3.63, 3.8) is 0 Å². The fraction of sp³-hybridized carbons (Fsp3) is 0.100. The van der Waals surface area contributed by atoms with Crippen LogP contribution in [0.2, 0.25) is 0 Å². The van der Waals surface area contributed by atoms with E-state index in [1.54, 1.807) is 22.8 Å². The van der Waals surface area contributed by atoms with Crippen molar-refractivity contribution < 1.29 is 13.9 Å². The number of hydrogen-bond acceptors (Lipinski definition) is 6. The molecule has 0 bridgehead atoms.